The van der Waals surface area contributed by atoms with E-state index in [1.165, 1.54) is 6.92 Å². The molecule has 3 rings (SSSR count). The topological polar surface area (TPSA) is 58.6 Å². The number of aliphatic hydroxyl groups excluding tert-OH is 1. The number of hydrogen-bond acceptors (Lipinski definition) is 4. The van der Waals surface area contributed by atoms with E-state index in [1.54, 1.807) is 0 Å². The number of nitrogens with one attached hydrogen (secondary N) is 1. The Kier molecular flexibility index (Phi) is 5.28. The van der Waals surface area contributed by atoms with E-state index in [0.717, 1.165) is 17.7 Å². The highest BCUT2D eigenvalue weighted by molar-refractivity contribution is 5.74. The van der Waals surface area contributed by atoms with Crippen molar-refractivity contribution in [1.82, 2.24) is 5.32 Å². The molecule has 126 valence electrons. The van der Waals surface area contributed by atoms with Crippen LogP contribution in [0.25, 0.3) is 0 Å². The Bertz CT molecular complexity index is 618. The number of rotatable bonds is 5. The molecule has 3 atom stereocenters. The maximum Gasteiger partial charge on any atom is 0.312 e. The van der Waals surface area contributed by atoms with Crippen molar-refractivity contribution in [3.8, 4) is 0 Å². The summed E-state index contributed by atoms with van der Waals surface area (Å²) in [5.41, 5.74) is 2.33. The number of carbonyl (C=O) groups is 1. The second kappa shape index (κ2) is 7.60. The quantitative estimate of drug-likeness (QED) is 0.655. The van der Waals surface area contributed by atoms with Crippen molar-refractivity contribution < 1.29 is 14.6 Å². The molecule has 1 aliphatic rings. The third kappa shape index (κ3) is 3.66. The van der Waals surface area contributed by atoms with E-state index < -0.39 is 6.29 Å². The Hall–Kier alpha value is -2.17. The molecule has 1 unspecified atom stereocenters. The monoisotopic (exact) mass is 325 g/mol. The summed E-state index contributed by atoms with van der Waals surface area (Å²) in [6.45, 7) is 2.22. The third-order valence-electron chi connectivity index (χ3n) is 4.53. The summed E-state index contributed by atoms with van der Waals surface area (Å²) in [5.74, 6) is -0.552. The lowest BCUT2D eigenvalue weighted by Gasteiger charge is -2.29. The first-order valence-corrected chi connectivity index (χ1v) is 8.38. The molecule has 2 aromatic rings. The van der Waals surface area contributed by atoms with E-state index in [1.807, 2.05) is 36.4 Å². The number of carbonyl (C=O) groups excluding carboxylic acids is 1. The molecular formula is C20H23NO3. The molecule has 0 bridgehead atoms. The molecule has 0 aliphatic carbocycles. The van der Waals surface area contributed by atoms with Crippen LogP contribution >= 0.6 is 0 Å². The first kappa shape index (κ1) is 16.7. The first-order valence-electron chi connectivity index (χ1n) is 8.38. The van der Waals surface area contributed by atoms with Gasteiger partial charge in [-0.1, -0.05) is 60.7 Å². The molecule has 2 N–H and O–H groups in total. The number of ether oxygens (including phenoxy) is 1. The van der Waals surface area contributed by atoms with Gasteiger partial charge in [0.1, 0.15) is 0 Å². The number of aliphatic hydroxyl groups is 1. The van der Waals surface area contributed by atoms with Crippen LogP contribution in [0.2, 0.25) is 0 Å². The Morgan fingerprint density at radius 3 is 2.12 bits per heavy atom. The van der Waals surface area contributed by atoms with Gasteiger partial charge in [0.05, 0.1) is 5.92 Å². The van der Waals surface area contributed by atoms with Gasteiger partial charge in [0.25, 0.3) is 0 Å². The highest BCUT2D eigenvalue weighted by atomic mass is 16.6. The van der Waals surface area contributed by atoms with Gasteiger partial charge >= 0.3 is 5.97 Å². The van der Waals surface area contributed by atoms with Crippen molar-refractivity contribution >= 4 is 5.97 Å². The molecule has 1 saturated heterocycles. The summed E-state index contributed by atoms with van der Waals surface area (Å²) in [4.78, 5) is 12.4. The fourth-order valence-electron chi connectivity index (χ4n) is 3.53. The number of hydrogen-bond donors (Lipinski definition) is 2. The second-order valence-corrected chi connectivity index (χ2v) is 6.21. The molecule has 1 fully saturated rings. The molecule has 4 nitrogen and oxygen atoms in total. The third-order valence-corrected chi connectivity index (χ3v) is 4.53. The zero-order valence-corrected chi connectivity index (χ0v) is 13.8. The van der Waals surface area contributed by atoms with E-state index in [9.17, 15) is 9.90 Å². The van der Waals surface area contributed by atoms with E-state index in [4.69, 9.17) is 4.74 Å². The average molecular weight is 325 g/mol. The van der Waals surface area contributed by atoms with Gasteiger partial charge in [-0.25, -0.2) is 0 Å². The molecule has 24 heavy (non-hydrogen) atoms. The summed E-state index contributed by atoms with van der Waals surface area (Å²) in [6, 6.07) is 20.4. The van der Waals surface area contributed by atoms with Crippen LogP contribution in [0.3, 0.4) is 0 Å². The van der Waals surface area contributed by atoms with Gasteiger partial charge in [-0.05, 0) is 31.0 Å². The molecule has 2 aromatic carbocycles. The van der Waals surface area contributed by atoms with E-state index in [2.05, 4.69) is 29.6 Å². The SMILES string of the molecule is CC(O)OC(=O)[C@@H]1CCN[C@@H]1C(c1ccccc1)c1ccccc1. The normalized spacial score (nSPS) is 21.6. The average Bonchev–Trinajstić information content (AvgIpc) is 3.06. The lowest BCUT2D eigenvalue weighted by Crippen LogP contribution is -2.39. The Morgan fingerprint density at radius 1 is 1.08 bits per heavy atom. The van der Waals surface area contributed by atoms with Crippen LogP contribution in [0.1, 0.15) is 30.4 Å². The van der Waals surface area contributed by atoms with Gasteiger partial charge in [0, 0.05) is 12.0 Å². The second-order valence-electron chi connectivity index (χ2n) is 6.21. The Balaban J connectivity index is 1.94. The van der Waals surface area contributed by atoms with Crippen molar-refractivity contribution in [3.63, 3.8) is 0 Å². The van der Waals surface area contributed by atoms with Crippen molar-refractivity contribution in [1.29, 1.82) is 0 Å². The fourth-order valence-corrected chi connectivity index (χ4v) is 3.53. The summed E-state index contributed by atoms with van der Waals surface area (Å²) in [6.07, 6.45) is -0.363. The molecule has 4 heteroatoms. The highest BCUT2D eigenvalue weighted by Crippen LogP contribution is 2.35. The van der Waals surface area contributed by atoms with Crippen LogP contribution < -0.4 is 5.32 Å². The van der Waals surface area contributed by atoms with Gasteiger partial charge in [0.15, 0.2) is 6.29 Å². The minimum atomic E-state index is -1.08. The van der Waals surface area contributed by atoms with Crippen molar-refractivity contribution in [2.45, 2.75) is 31.6 Å². The van der Waals surface area contributed by atoms with Crippen molar-refractivity contribution in [2.75, 3.05) is 6.54 Å². The zero-order valence-electron chi connectivity index (χ0n) is 13.8. The predicted molar refractivity (Wildman–Crippen MR) is 92.4 cm³/mol. The van der Waals surface area contributed by atoms with E-state index >= 15 is 0 Å². The molecule has 0 radical (unpaired) electrons. The van der Waals surface area contributed by atoms with Gasteiger partial charge in [-0.15, -0.1) is 0 Å². The highest BCUT2D eigenvalue weighted by Gasteiger charge is 2.40. The van der Waals surface area contributed by atoms with Gasteiger partial charge in [-0.2, -0.15) is 0 Å². The van der Waals surface area contributed by atoms with Gasteiger partial charge in [-0.3, -0.25) is 4.79 Å². The fraction of sp³-hybridized carbons (Fsp3) is 0.350. The minimum Gasteiger partial charge on any atom is -0.436 e. The summed E-state index contributed by atoms with van der Waals surface area (Å²) >= 11 is 0. The van der Waals surface area contributed by atoms with Crippen LogP contribution in [0.5, 0.6) is 0 Å². The largest absolute Gasteiger partial charge is 0.436 e. The molecule has 1 aliphatic heterocycles. The van der Waals surface area contributed by atoms with Crippen LogP contribution in [0, 0.1) is 5.92 Å². The molecule has 0 amide bonds. The van der Waals surface area contributed by atoms with E-state index in [-0.39, 0.29) is 23.8 Å². The van der Waals surface area contributed by atoms with Crippen LogP contribution in [0.15, 0.2) is 60.7 Å². The molecular weight excluding hydrogens is 302 g/mol. The molecule has 0 spiro atoms. The number of benzene rings is 2. The molecule has 0 aromatic heterocycles. The van der Waals surface area contributed by atoms with Crippen LogP contribution in [-0.4, -0.2) is 30.0 Å². The lowest BCUT2D eigenvalue weighted by atomic mass is 9.80. The summed E-state index contributed by atoms with van der Waals surface area (Å²) < 4.78 is 5.06. The van der Waals surface area contributed by atoms with Crippen molar-refractivity contribution in [3.05, 3.63) is 71.8 Å². The summed E-state index contributed by atoms with van der Waals surface area (Å²) in [5, 5.41) is 12.9. The Labute approximate surface area is 142 Å². The maximum atomic E-state index is 12.4. The maximum absolute atomic E-state index is 12.4. The lowest BCUT2D eigenvalue weighted by molar-refractivity contribution is -0.170. The molecule has 1 heterocycles. The molecule has 0 saturated carbocycles. The van der Waals surface area contributed by atoms with E-state index in [0.29, 0.717) is 6.42 Å². The predicted octanol–water partition coefficient (Wildman–Crippen LogP) is 2.68. The number of esters is 1. The van der Waals surface area contributed by atoms with Gasteiger partial charge < -0.3 is 15.2 Å². The Morgan fingerprint density at radius 2 is 1.62 bits per heavy atom. The zero-order chi connectivity index (χ0) is 16.9. The minimum absolute atomic E-state index is 0.0546. The summed E-state index contributed by atoms with van der Waals surface area (Å²) in [7, 11) is 0. The van der Waals surface area contributed by atoms with Gasteiger partial charge in [0.2, 0.25) is 0 Å². The first-order chi connectivity index (χ1) is 11.7. The standard InChI is InChI=1S/C20H23NO3/c1-14(22)24-20(23)17-12-13-21-19(17)18(15-8-4-2-5-9-15)16-10-6-3-7-11-16/h2-11,14,17-19,21-22H,12-13H2,1H3/t14?,17-,19+/m1/s1. The smallest absolute Gasteiger partial charge is 0.312 e. The van der Waals surface area contributed by atoms with Crippen molar-refractivity contribution in [2.24, 2.45) is 5.92 Å². The van der Waals surface area contributed by atoms with Crippen LogP contribution in [0.4, 0.5) is 0 Å². The van der Waals surface area contributed by atoms with Crippen LogP contribution in [-0.2, 0) is 9.53 Å².